The molecule has 0 saturated heterocycles. The van der Waals surface area contributed by atoms with Gasteiger partial charge in [0.2, 0.25) is 0 Å². The molecule has 0 fully saturated rings. The lowest BCUT2D eigenvalue weighted by Crippen LogP contribution is -2.46. The Morgan fingerprint density at radius 3 is 1.53 bits per heavy atom. The number of β-amino-alcohol motifs (C(OH)–C–C–N with tert-alkyl or cyclic N) is 1. The van der Waals surface area contributed by atoms with Crippen LogP contribution in [0.5, 0.6) is 0 Å². The van der Waals surface area contributed by atoms with E-state index in [1.807, 2.05) is 27.7 Å². The predicted molar refractivity (Wildman–Crippen MR) is 132 cm³/mol. The summed E-state index contributed by atoms with van der Waals surface area (Å²) in [6.07, 6.45) is 20.0. The Kier molecular flexibility index (Phi) is 26.8. The Labute approximate surface area is 189 Å². The molecule has 0 amide bonds. The van der Waals surface area contributed by atoms with Crippen molar-refractivity contribution < 1.29 is 14.9 Å². The second-order valence-electron chi connectivity index (χ2n) is 9.10. The number of hydrogen-bond donors (Lipinski definition) is 3. The van der Waals surface area contributed by atoms with Crippen LogP contribution in [0.15, 0.2) is 0 Å². The molecule has 0 aromatic rings. The summed E-state index contributed by atoms with van der Waals surface area (Å²) in [5, 5.41) is 22.2. The lowest BCUT2D eigenvalue weighted by molar-refractivity contribution is 0.0298. The molecule has 0 aromatic heterocycles. The molecular weight excluding hydrogens is 374 g/mol. The zero-order valence-electron chi connectivity index (χ0n) is 21.3. The van der Waals surface area contributed by atoms with Crippen LogP contribution in [0.1, 0.15) is 131 Å². The number of unbranched alkanes of at least 4 members (excludes halogenated alkanes) is 14. The average Bonchev–Trinajstić information content (AvgIpc) is 2.76. The highest BCUT2D eigenvalue weighted by Crippen LogP contribution is 2.13. The first-order valence-corrected chi connectivity index (χ1v) is 13.1. The van der Waals surface area contributed by atoms with Crippen molar-refractivity contribution in [3.63, 3.8) is 0 Å². The van der Waals surface area contributed by atoms with E-state index in [1.165, 1.54) is 89.9 Å². The van der Waals surface area contributed by atoms with Crippen molar-refractivity contribution in [1.82, 2.24) is 5.32 Å². The molecule has 30 heavy (non-hydrogen) atoms. The van der Waals surface area contributed by atoms with Gasteiger partial charge in [0, 0.05) is 18.7 Å². The number of rotatable bonds is 22. The fourth-order valence-electron chi connectivity index (χ4n) is 3.30. The third kappa shape index (κ3) is 25.9. The van der Waals surface area contributed by atoms with Crippen molar-refractivity contribution in [1.29, 1.82) is 0 Å². The maximum Gasteiger partial charge on any atom is 0.0897 e. The van der Waals surface area contributed by atoms with Crippen molar-refractivity contribution >= 4 is 0 Å². The summed E-state index contributed by atoms with van der Waals surface area (Å²) in [5.74, 6) is 0. The molecule has 0 saturated carbocycles. The van der Waals surface area contributed by atoms with Gasteiger partial charge in [-0.15, -0.1) is 0 Å². The van der Waals surface area contributed by atoms with Crippen LogP contribution >= 0.6 is 0 Å². The molecule has 0 aliphatic rings. The van der Waals surface area contributed by atoms with Crippen LogP contribution in [0.4, 0.5) is 0 Å². The summed E-state index contributed by atoms with van der Waals surface area (Å²) in [7, 11) is 0. The smallest absolute Gasteiger partial charge is 0.0897 e. The highest BCUT2D eigenvalue weighted by molar-refractivity contribution is 4.77. The molecule has 1 atom stereocenters. The minimum absolute atomic E-state index is 0.0553. The molecule has 0 aliphatic heterocycles. The first-order valence-electron chi connectivity index (χ1n) is 13.1. The summed E-state index contributed by atoms with van der Waals surface area (Å²) >= 11 is 0. The van der Waals surface area contributed by atoms with Gasteiger partial charge < -0.3 is 20.3 Å². The minimum Gasteiger partial charge on any atom is -0.394 e. The van der Waals surface area contributed by atoms with Crippen molar-refractivity contribution in [3.05, 3.63) is 0 Å². The summed E-state index contributed by atoms with van der Waals surface area (Å²) in [6, 6.07) is 0. The normalized spacial score (nSPS) is 12.5. The summed E-state index contributed by atoms with van der Waals surface area (Å²) in [4.78, 5) is 0. The Morgan fingerprint density at radius 1 is 0.733 bits per heavy atom. The SMILES string of the molecule is CC.CCCCCCCCCCCCCCCCCOCC(O)CNC(C)(C)CO. The van der Waals surface area contributed by atoms with E-state index in [2.05, 4.69) is 12.2 Å². The molecule has 4 nitrogen and oxygen atoms in total. The van der Waals surface area contributed by atoms with E-state index in [1.54, 1.807) is 0 Å². The molecular formula is C26H57NO3. The molecule has 3 N–H and O–H groups in total. The van der Waals surface area contributed by atoms with E-state index in [-0.39, 0.29) is 12.1 Å². The molecule has 1 unspecified atom stereocenters. The molecule has 0 aliphatic carbocycles. The Bertz CT molecular complexity index is 311. The molecule has 0 radical (unpaired) electrons. The highest BCUT2D eigenvalue weighted by Gasteiger charge is 2.16. The summed E-state index contributed by atoms with van der Waals surface area (Å²) in [5.41, 5.74) is -0.352. The largest absolute Gasteiger partial charge is 0.394 e. The van der Waals surface area contributed by atoms with Gasteiger partial charge in [-0.2, -0.15) is 0 Å². The predicted octanol–water partition coefficient (Wildman–Crippen LogP) is 6.62. The Morgan fingerprint density at radius 2 is 1.13 bits per heavy atom. The number of nitrogens with one attached hydrogen (secondary N) is 1. The standard InChI is InChI=1S/C24H51NO3.C2H6/c1-4-5-6-7-8-9-10-11-12-13-14-15-16-17-18-19-28-21-23(27)20-25-24(2,3)22-26;1-2/h23,25-27H,4-22H2,1-3H3;1-2H3. The molecule has 0 rings (SSSR count). The van der Waals surface area contributed by atoms with E-state index < -0.39 is 6.10 Å². The van der Waals surface area contributed by atoms with Crippen LogP contribution < -0.4 is 5.32 Å². The van der Waals surface area contributed by atoms with Gasteiger partial charge in [-0.25, -0.2) is 0 Å². The van der Waals surface area contributed by atoms with Gasteiger partial charge in [-0.3, -0.25) is 0 Å². The van der Waals surface area contributed by atoms with Gasteiger partial charge in [0.1, 0.15) is 0 Å². The summed E-state index contributed by atoms with van der Waals surface area (Å²) < 4.78 is 5.56. The van der Waals surface area contributed by atoms with E-state index in [0.29, 0.717) is 13.2 Å². The number of ether oxygens (including phenoxy) is 1. The van der Waals surface area contributed by atoms with Gasteiger partial charge in [0.05, 0.1) is 19.3 Å². The van der Waals surface area contributed by atoms with Crippen LogP contribution in [0.2, 0.25) is 0 Å². The van der Waals surface area contributed by atoms with Crippen molar-refractivity contribution in [2.75, 3.05) is 26.4 Å². The van der Waals surface area contributed by atoms with Gasteiger partial charge in [-0.1, -0.05) is 111 Å². The van der Waals surface area contributed by atoms with Crippen LogP contribution in [-0.2, 0) is 4.74 Å². The molecule has 184 valence electrons. The Hall–Kier alpha value is -0.160. The second-order valence-corrected chi connectivity index (χ2v) is 9.10. The van der Waals surface area contributed by atoms with E-state index >= 15 is 0 Å². The molecule has 0 spiro atoms. The van der Waals surface area contributed by atoms with Crippen molar-refractivity contribution in [3.8, 4) is 0 Å². The highest BCUT2D eigenvalue weighted by atomic mass is 16.5. The number of hydrogen-bond acceptors (Lipinski definition) is 4. The van der Waals surface area contributed by atoms with Crippen LogP contribution in [0, 0.1) is 0 Å². The molecule has 0 bridgehead atoms. The fraction of sp³-hybridized carbons (Fsp3) is 1.00. The molecule has 4 heteroatoms. The number of aliphatic hydroxyl groups is 2. The lowest BCUT2D eigenvalue weighted by Gasteiger charge is -2.25. The third-order valence-electron chi connectivity index (χ3n) is 5.41. The molecule has 0 heterocycles. The first-order chi connectivity index (χ1) is 14.5. The van der Waals surface area contributed by atoms with Crippen LogP contribution in [-0.4, -0.2) is 48.2 Å². The average molecular weight is 432 g/mol. The Balaban J connectivity index is 0. The third-order valence-corrected chi connectivity index (χ3v) is 5.41. The maximum absolute atomic E-state index is 9.86. The topological polar surface area (TPSA) is 61.7 Å². The number of aliphatic hydroxyl groups excluding tert-OH is 2. The minimum atomic E-state index is -0.512. The molecule has 0 aromatic carbocycles. The maximum atomic E-state index is 9.86. The van der Waals surface area contributed by atoms with Crippen molar-refractivity contribution in [2.24, 2.45) is 0 Å². The van der Waals surface area contributed by atoms with Gasteiger partial charge in [0.15, 0.2) is 0 Å². The summed E-state index contributed by atoms with van der Waals surface area (Å²) in [6.45, 7) is 11.7. The van der Waals surface area contributed by atoms with E-state index in [0.717, 1.165) is 13.0 Å². The van der Waals surface area contributed by atoms with Gasteiger partial charge in [0.25, 0.3) is 0 Å². The zero-order valence-corrected chi connectivity index (χ0v) is 21.3. The van der Waals surface area contributed by atoms with Gasteiger partial charge in [-0.05, 0) is 20.3 Å². The first kappa shape index (κ1) is 32.0. The van der Waals surface area contributed by atoms with E-state index in [4.69, 9.17) is 9.84 Å². The monoisotopic (exact) mass is 431 g/mol. The zero-order chi connectivity index (χ0) is 22.9. The second kappa shape index (κ2) is 25.1. The fourth-order valence-corrected chi connectivity index (χ4v) is 3.30. The van der Waals surface area contributed by atoms with Crippen molar-refractivity contribution in [2.45, 2.75) is 143 Å². The van der Waals surface area contributed by atoms with E-state index in [9.17, 15) is 5.11 Å². The van der Waals surface area contributed by atoms with Crippen LogP contribution in [0.25, 0.3) is 0 Å². The quantitative estimate of drug-likeness (QED) is 0.168. The lowest BCUT2D eigenvalue weighted by atomic mass is 10.0. The van der Waals surface area contributed by atoms with Gasteiger partial charge >= 0.3 is 0 Å². The van der Waals surface area contributed by atoms with Crippen LogP contribution in [0.3, 0.4) is 0 Å².